The molecule has 1 unspecified atom stereocenters. The molecule has 1 atom stereocenters. The van der Waals surface area contributed by atoms with Gasteiger partial charge in [0.2, 0.25) is 0 Å². The molecule has 1 rings (SSSR count). The van der Waals surface area contributed by atoms with Gasteiger partial charge >= 0.3 is 0 Å². The Morgan fingerprint density at radius 2 is 2.21 bits per heavy atom. The Morgan fingerprint density at radius 1 is 1.43 bits per heavy atom. The molecule has 0 bridgehead atoms. The zero-order chi connectivity index (χ0) is 10.4. The highest BCUT2D eigenvalue weighted by molar-refractivity contribution is 5.17. The second-order valence-electron chi connectivity index (χ2n) is 3.89. The van der Waals surface area contributed by atoms with Gasteiger partial charge in [0.1, 0.15) is 0 Å². The lowest BCUT2D eigenvalue weighted by molar-refractivity contribution is 0.477. The van der Waals surface area contributed by atoms with Crippen LogP contribution in [0.25, 0.3) is 0 Å². The first-order valence-electron chi connectivity index (χ1n) is 5.54. The first-order chi connectivity index (χ1) is 6.75. The van der Waals surface area contributed by atoms with Gasteiger partial charge in [-0.25, -0.2) is 4.98 Å². The number of anilines is 1. The number of nitrogen functional groups attached to an aromatic ring is 1. The maximum atomic E-state index is 5.72. The number of aromatic nitrogens is 2. The molecule has 1 aromatic heterocycles. The van der Waals surface area contributed by atoms with E-state index < -0.39 is 0 Å². The van der Waals surface area contributed by atoms with E-state index in [-0.39, 0.29) is 0 Å². The second kappa shape index (κ2) is 5.68. The Balaban J connectivity index is 2.28. The summed E-state index contributed by atoms with van der Waals surface area (Å²) in [7, 11) is 0. The highest BCUT2D eigenvalue weighted by Crippen LogP contribution is 2.17. The first kappa shape index (κ1) is 11.1. The molecule has 80 valence electrons. The molecule has 2 N–H and O–H groups in total. The molecule has 3 nitrogen and oxygen atoms in total. The molecule has 0 saturated heterocycles. The summed E-state index contributed by atoms with van der Waals surface area (Å²) >= 11 is 0. The molecule has 1 heterocycles. The molecule has 0 amide bonds. The van der Waals surface area contributed by atoms with E-state index >= 15 is 0 Å². The van der Waals surface area contributed by atoms with Gasteiger partial charge in [0.15, 0.2) is 5.95 Å². The van der Waals surface area contributed by atoms with Gasteiger partial charge in [-0.05, 0) is 13.3 Å². The maximum absolute atomic E-state index is 5.72. The summed E-state index contributed by atoms with van der Waals surface area (Å²) in [4.78, 5) is 4.02. The fourth-order valence-electron chi connectivity index (χ4n) is 1.70. The highest BCUT2D eigenvalue weighted by Gasteiger charge is 2.06. The number of unbranched alkanes of at least 4 members (excludes halogenated alkanes) is 3. The predicted molar refractivity (Wildman–Crippen MR) is 60.1 cm³/mol. The summed E-state index contributed by atoms with van der Waals surface area (Å²) in [5, 5.41) is 0. The predicted octanol–water partition coefficient (Wildman–Crippen LogP) is 3.00. The largest absolute Gasteiger partial charge is 0.369 e. The second-order valence-corrected chi connectivity index (χ2v) is 3.89. The van der Waals surface area contributed by atoms with Crippen molar-refractivity contribution in [2.24, 2.45) is 0 Å². The minimum Gasteiger partial charge on any atom is -0.369 e. The number of nitrogens with two attached hydrogens (primary N) is 1. The average Bonchev–Trinajstić information content (AvgIpc) is 2.59. The topological polar surface area (TPSA) is 43.8 Å². The van der Waals surface area contributed by atoms with Gasteiger partial charge in [-0.3, -0.25) is 0 Å². The molecule has 0 radical (unpaired) electrons. The maximum Gasteiger partial charge on any atom is 0.200 e. The summed E-state index contributed by atoms with van der Waals surface area (Å²) < 4.78 is 2.05. The fraction of sp³-hybridized carbons (Fsp3) is 0.727. The van der Waals surface area contributed by atoms with Crippen LogP contribution < -0.4 is 5.73 Å². The summed E-state index contributed by atoms with van der Waals surface area (Å²) in [6, 6.07) is 0.481. The summed E-state index contributed by atoms with van der Waals surface area (Å²) in [6.45, 7) is 4.43. The first-order valence-corrected chi connectivity index (χ1v) is 5.54. The number of rotatable bonds is 6. The molecule has 14 heavy (non-hydrogen) atoms. The van der Waals surface area contributed by atoms with Crippen LogP contribution in [-0.2, 0) is 0 Å². The third-order valence-corrected chi connectivity index (χ3v) is 2.65. The van der Waals surface area contributed by atoms with Crippen molar-refractivity contribution >= 4 is 5.95 Å². The standard InChI is InChI=1S/C11H21N3/c1-3-4-5-6-7-10(2)14-9-8-13-11(14)12/h8-10H,3-7H2,1-2H3,(H2,12,13). The van der Waals surface area contributed by atoms with Gasteiger partial charge in [0.25, 0.3) is 0 Å². The van der Waals surface area contributed by atoms with E-state index in [2.05, 4.69) is 18.8 Å². The molecule has 0 aliphatic heterocycles. The zero-order valence-electron chi connectivity index (χ0n) is 9.24. The van der Waals surface area contributed by atoms with Gasteiger partial charge < -0.3 is 10.3 Å². The van der Waals surface area contributed by atoms with Crippen LogP contribution in [0.2, 0.25) is 0 Å². The Morgan fingerprint density at radius 3 is 2.79 bits per heavy atom. The Labute approximate surface area is 86.3 Å². The molecular formula is C11H21N3. The van der Waals surface area contributed by atoms with Crippen LogP contribution in [0.4, 0.5) is 5.95 Å². The van der Waals surface area contributed by atoms with E-state index in [9.17, 15) is 0 Å². The molecule has 1 aromatic rings. The van der Waals surface area contributed by atoms with E-state index in [1.165, 1.54) is 32.1 Å². The van der Waals surface area contributed by atoms with Crippen LogP contribution in [0.5, 0.6) is 0 Å². The van der Waals surface area contributed by atoms with Gasteiger partial charge in [-0.2, -0.15) is 0 Å². The molecule has 0 saturated carbocycles. The number of nitrogens with zero attached hydrogens (tertiary/aromatic N) is 2. The molecule has 3 heteroatoms. The van der Waals surface area contributed by atoms with Crippen LogP contribution in [-0.4, -0.2) is 9.55 Å². The lowest BCUT2D eigenvalue weighted by Gasteiger charge is -2.14. The van der Waals surface area contributed by atoms with Crippen molar-refractivity contribution in [2.75, 3.05) is 5.73 Å². The van der Waals surface area contributed by atoms with Gasteiger partial charge in [0.05, 0.1) is 0 Å². The Kier molecular flexibility index (Phi) is 4.50. The minimum absolute atomic E-state index is 0.481. The molecule has 0 aliphatic carbocycles. The number of imidazole rings is 1. The van der Waals surface area contributed by atoms with E-state index in [0.717, 1.165) is 0 Å². The minimum atomic E-state index is 0.481. The van der Waals surface area contributed by atoms with Gasteiger partial charge in [-0.15, -0.1) is 0 Å². The van der Waals surface area contributed by atoms with Crippen molar-refractivity contribution < 1.29 is 0 Å². The third kappa shape index (κ3) is 3.05. The van der Waals surface area contributed by atoms with Crippen LogP contribution in [0.3, 0.4) is 0 Å². The van der Waals surface area contributed by atoms with Crippen LogP contribution >= 0.6 is 0 Å². The normalized spacial score (nSPS) is 13.0. The SMILES string of the molecule is CCCCCCC(C)n1ccnc1N. The van der Waals surface area contributed by atoms with E-state index in [4.69, 9.17) is 5.73 Å². The smallest absolute Gasteiger partial charge is 0.200 e. The lowest BCUT2D eigenvalue weighted by atomic mass is 10.1. The van der Waals surface area contributed by atoms with E-state index in [0.29, 0.717) is 12.0 Å². The van der Waals surface area contributed by atoms with Gasteiger partial charge in [-0.1, -0.05) is 32.6 Å². The van der Waals surface area contributed by atoms with Crippen molar-refractivity contribution in [3.05, 3.63) is 12.4 Å². The monoisotopic (exact) mass is 195 g/mol. The zero-order valence-corrected chi connectivity index (χ0v) is 9.24. The number of hydrogen-bond donors (Lipinski definition) is 1. The molecule has 0 spiro atoms. The van der Waals surface area contributed by atoms with Gasteiger partial charge in [0, 0.05) is 18.4 Å². The van der Waals surface area contributed by atoms with Crippen LogP contribution in [0.1, 0.15) is 52.0 Å². The third-order valence-electron chi connectivity index (χ3n) is 2.65. The van der Waals surface area contributed by atoms with Crippen molar-refractivity contribution in [1.29, 1.82) is 0 Å². The van der Waals surface area contributed by atoms with Crippen molar-refractivity contribution in [2.45, 2.75) is 52.0 Å². The van der Waals surface area contributed by atoms with Crippen LogP contribution in [0.15, 0.2) is 12.4 Å². The Bertz CT molecular complexity index is 255. The molecule has 0 aliphatic rings. The van der Waals surface area contributed by atoms with E-state index in [1.54, 1.807) is 6.20 Å². The average molecular weight is 195 g/mol. The summed E-state index contributed by atoms with van der Waals surface area (Å²) in [5.41, 5.74) is 5.72. The molecule has 0 fully saturated rings. The summed E-state index contributed by atoms with van der Waals surface area (Å²) in [5.74, 6) is 0.632. The van der Waals surface area contributed by atoms with Crippen molar-refractivity contribution in [1.82, 2.24) is 9.55 Å². The van der Waals surface area contributed by atoms with Crippen LogP contribution in [0, 0.1) is 0 Å². The molecular weight excluding hydrogens is 174 g/mol. The highest BCUT2D eigenvalue weighted by atomic mass is 15.1. The Hall–Kier alpha value is -0.990. The van der Waals surface area contributed by atoms with E-state index in [1.807, 2.05) is 10.8 Å². The quantitative estimate of drug-likeness (QED) is 0.709. The number of hydrogen-bond acceptors (Lipinski definition) is 2. The summed E-state index contributed by atoms with van der Waals surface area (Å²) in [6.07, 6.45) is 10.2. The lowest BCUT2D eigenvalue weighted by Crippen LogP contribution is -2.07. The van der Waals surface area contributed by atoms with Crippen molar-refractivity contribution in [3.63, 3.8) is 0 Å². The fourth-order valence-corrected chi connectivity index (χ4v) is 1.70. The molecule has 0 aromatic carbocycles. The van der Waals surface area contributed by atoms with Crippen molar-refractivity contribution in [3.8, 4) is 0 Å².